The molecule has 0 atom stereocenters. The largest absolute Gasteiger partial charge is 0.489 e. The predicted molar refractivity (Wildman–Crippen MR) is 135 cm³/mol. The molecule has 9 heteroatoms. The maximum atomic E-state index is 12.3. The van der Waals surface area contributed by atoms with Crippen molar-refractivity contribution in [1.29, 1.82) is 0 Å². The summed E-state index contributed by atoms with van der Waals surface area (Å²) in [5.41, 5.74) is 2.29. The van der Waals surface area contributed by atoms with E-state index in [1.165, 1.54) is 19.2 Å². The van der Waals surface area contributed by atoms with Crippen molar-refractivity contribution in [2.24, 2.45) is 5.92 Å². The molecule has 0 amide bonds. The van der Waals surface area contributed by atoms with Crippen molar-refractivity contribution in [2.75, 3.05) is 37.1 Å². The maximum Gasteiger partial charge on any atom is 0.204 e. The predicted octanol–water partition coefficient (Wildman–Crippen LogP) is 5.45. The Bertz CT molecular complexity index is 1220. The van der Waals surface area contributed by atoms with E-state index < -0.39 is 0 Å². The van der Waals surface area contributed by atoms with Crippen LogP contribution in [0.1, 0.15) is 24.8 Å². The zero-order valence-corrected chi connectivity index (χ0v) is 20.5. The quantitative estimate of drug-likeness (QED) is 0.369. The van der Waals surface area contributed by atoms with Gasteiger partial charge in [0.25, 0.3) is 0 Å². The monoisotopic (exact) mass is 499 g/mol. The second kappa shape index (κ2) is 10.3. The minimum absolute atomic E-state index is 0.242. The molecule has 1 aliphatic carbocycles. The summed E-state index contributed by atoms with van der Waals surface area (Å²) in [5, 5.41) is 4.60. The van der Waals surface area contributed by atoms with Crippen molar-refractivity contribution < 1.29 is 19.0 Å². The van der Waals surface area contributed by atoms with Gasteiger partial charge in [-0.05, 0) is 42.7 Å². The molecule has 3 aromatic rings. The first-order valence-electron chi connectivity index (χ1n) is 11.4. The van der Waals surface area contributed by atoms with Gasteiger partial charge in [0.05, 0.1) is 17.5 Å². The number of hydrogen-bond donors (Lipinski definition) is 1. The third kappa shape index (κ3) is 5.18. The number of thioether (sulfide) groups is 1. The van der Waals surface area contributed by atoms with E-state index in [2.05, 4.69) is 15.3 Å². The summed E-state index contributed by atoms with van der Waals surface area (Å²) in [6.07, 6.45) is 6.88. The highest BCUT2D eigenvalue weighted by molar-refractivity contribution is 7.98. The SMILES string of the molecule is CSCCOc1cc2ncnc(Nc3ccc(CC(=O)CC4CC4)c(Cl)c3)c2c2c1OCCO2. The van der Waals surface area contributed by atoms with Crippen LogP contribution in [0.3, 0.4) is 0 Å². The molecule has 0 spiro atoms. The standard InChI is InChI=1S/C25H26ClN3O4S/c1-34-9-8-31-21-13-20-22(24-23(21)32-6-7-33-24)25(28-14-27-20)29-17-5-4-16(19(26)12-17)11-18(30)10-15-2-3-15/h4-5,12-15H,2-3,6-11H2,1H3,(H,27,28,29). The molecule has 1 aliphatic heterocycles. The van der Waals surface area contributed by atoms with E-state index in [1.807, 2.05) is 30.5 Å². The van der Waals surface area contributed by atoms with Crippen LogP contribution in [-0.4, -0.2) is 47.6 Å². The van der Waals surface area contributed by atoms with E-state index in [0.29, 0.717) is 77.6 Å². The first-order valence-corrected chi connectivity index (χ1v) is 13.2. The molecule has 1 saturated carbocycles. The third-order valence-electron chi connectivity index (χ3n) is 5.84. The van der Waals surface area contributed by atoms with Crippen LogP contribution in [0.5, 0.6) is 17.2 Å². The number of fused-ring (bicyclic) bond motifs is 3. The summed E-state index contributed by atoms with van der Waals surface area (Å²) in [7, 11) is 0. The highest BCUT2D eigenvalue weighted by Gasteiger charge is 2.26. The average molecular weight is 500 g/mol. The van der Waals surface area contributed by atoms with E-state index in [-0.39, 0.29) is 5.78 Å². The van der Waals surface area contributed by atoms with Crippen LogP contribution in [0.25, 0.3) is 10.9 Å². The number of ether oxygens (including phenoxy) is 3. The Morgan fingerprint density at radius 3 is 2.79 bits per heavy atom. The van der Waals surface area contributed by atoms with E-state index in [4.69, 9.17) is 25.8 Å². The molecule has 0 saturated heterocycles. The van der Waals surface area contributed by atoms with Crippen molar-refractivity contribution in [3.8, 4) is 17.2 Å². The van der Waals surface area contributed by atoms with Gasteiger partial charge in [0.15, 0.2) is 11.5 Å². The van der Waals surface area contributed by atoms with E-state index >= 15 is 0 Å². The number of nitrogens with zero attached hydrogens (tertiary/aromatic N) is 2. The summed E-state index contributed by atoms with van der Waals surface area (Å²) in [6, 6.07) is 7.48. The second-order valence-corrected chi connectivity index (χ2v) is 9.87. The number of halogens is 1. The van der Waals surface area contributed by atoms with Crippen LogP contribution < -0.4 is 19.5 Å². The van der Waals surface area contributed by atoms with Gasteiger partial charge in [-0.15, -0.1) is 0 Å². The summed E-state index contributed by atoms with van der Waals surface area (Å²) in [5.74, 6) is 4.02. The molecular weight excluding hydrogens is 474 g/mol. The first kappa shape index (κ1) is 23.1. The zero-order valence-electron chi connectivity index (χ0n) is 18.9. The molecule has 5 rings (SSSR count). The lowest BCUT2D eigenvalue weighted by molar-refractivity contribution is -0.118. The van der Waals surface area contributed by atoms with Crippen molar-refractivity contribution in [2.45, 2.75) is 25.7 Å². The number of ketones is 1. The number of carbonyl (C=O) groups excluding carboxylic acids is 1. The first-order chi connectivity index (χ1) is 16.6. The Hall–Kier alpha value is -2.71. The fourth-order valence-corrected chi connectivity index (χ4v) is 4.48. The summed E-state index contributed by atoms with van der Waals surface area (Å²) < 4.78 is 17.8. The minimum Gasteiger partial charge on any atom is -0.489 e. The van der Waals surface area contributed by atoms with Crippen LogP contribution in [0.15, 0.2) is 30.6 Å². The molecule has 2 aromatic carbocycles. The van der Waals surface area contributed by atoms with Gasteiger partial charge in [-0.3, -0.25) is 4.79 Å². The van der Waals surface area contributed by atoms with Crippen molar-refractivity contribution in [1.82, 2.24) is 9.97 Å². The highest BCUT2D eigenvalue weighted by Crippen LogP contribution is 2.47. The highest BCUT2D eigenvalue weighted by atomic mass is 35.5. The summed E-state index contributed by atoms with van der Waals surface area (Å²) in [6.45, 7) is 1.44. The number of anilines is 2. The van der Waals surface area contributed by atoms with Crippen LogP contribution in [0, 0.1) is 5.92 Å². The van der Waals surface area contributed by atoms with Crippen LogP contribution in [0.2, 0.25) is 5.02 Å². The Balaban J connectivity index is 1.42. The van der Waals surface area contributed by atoms with Crippen molar-refractivity contribution >= 4 is 51.6 Å². The molecule has 34 heavy (non-hydrogen) atoms. The van der Waals surface area contributed by atoms with Crippen LogP contribution in [0.4, 0.5) is 11.5 Å². The molecule has 7 nitrogen and oxygen atoms in total. The summed E-state index contributed by atoms with van der Waals surface area (Å²) >= 11 is 8.23. The lowest BCUT2D eigenvalue weighted by atomic mass is 10.0. The Kier molecular flexibility index (Phi) is 6.97. The molecular formula is C25H26ClN3O4S. The van der Waals surface area contributed by atoms with Gasteiger partial charge in [0, 0.05) is 35.4 Å². The Labute approximate surface area is 207 Å². The minimum atomic E-state index is 0.242. The topological polar surface area (TPSA) is 82.6 Å². The lowest BCUT2D eigenvalue weighted by Crippen LogP contribution is -2.17. The number of hydrogen-bond acceptors (Lipinski definition) is 8. The molecule has 0 bridgehead atoms. The number of benzene rings is 2. The average Bonchev–Trinajstić information content (AvgIpc) is 3.65. The number of carbonyl (C=O) groups is 1. The van der Waals surface area contributed by atoms with Crippen LogP contribution in [-0.2, 0) is 11.2 Å². The lowest BCUT2D eigenvalue weighted by Gasteiger charge is -2.23. The summed E-state index contributed by atoms with van der Waals surface area (Å²) in [4.78, 5) is 21.2. The maximum absolute atomic E-state index is 12.3. The van der Waals surface area contributed by atoms with Crippen molar-refractivity contribution in [3.05, 3.63) is 41.2 Å². The number of Topliss-reactive ketones (excluding diaryl/α,β-unsaturated/α-hetero) is 1. The van der Waals surface area contributed by atoms with E-state index in [1.54, 1.807) is 11.8 Å². The van der Waals surface area contributed by atoms with Gasteiger partial charge >= 0.3 is 0 Å². The van der Waals surface area contributed by atoms with Gasteiger partial charge in [0.2, 0.25) is 5.75 Å². The van der Waals surface area contributed by atoms with E-state index in [0.717, 1.165) is 17.0 Å². The normalized spacial score (nSPS) is 14.8. The fraction of sp³-hybridized carbons (Fsp3) is 0.400. The molecule has 0 radical (unpaired) electrons. The van der Waals surface area contributed by atoms with Gasteiger partial charge in [-0.2, -0.15) is 11.8 Å². The Morgan fingerprint density at radius 1 is 1.21 bits per heavy atom. The molecule has 178 valence electrons. The smallest absolute Gasteiger partial charge is 0.204 e. The van der Waals surface area contributed by atoms with E-state index in [9.17, 15) is 4.79 Å². The molecule has 1 fully saturated rings. The second-order valence-electron chi connectivity index (χ2n) is 8.48. The molecule has 2 heterocycles. The van der Waals surface area contributed by atoms with Crippen molar-refractivity contribution in [3.63, 3.8) is 0 Å². The van der Waals surface area contributed by atoms with Gasteiger partial charge in [0.1, 0.15) is 31.1 Å². The van der Waals surface area contributed by atoms with Gasteiger partial charge in [-0.25, -0.2) is 9.97 Å². The third-order valence-corrected chi connectivity index (χ3v) is 6.77. The molecule has 1 aromatic heterocycles. The van der Waals surface area contributed by atoms with Crippen LogP contribution >= 0.6 is 23.4 Å². The zero-order chi connectivity index (χ0) is 23.5. The molecule has 1 N–H and O–H groups in total. The number of rotatable bonds is 10. The fourth-order valence-electron chi connectivity index (χ4n) is 3.98. The Morgan fingerprint density at radius 2 is 2.03 bits per heavy atom. The van der Waals surface area contributed by atoms with Gasteiger partial charge in [-0.1, -0.05) is 17.7 Å². The van der Waals surface area contributed by atoms with Gasteiger partial charge < -0.3 is 19.5 Å². The molecule has 2 aliphatic rings. The number of nitrogens with one attached hydrogen (secondary N) is 1. The number of aromatic nitrogens is 2. The molecule has 0 unspecified atom stereocenters.